The molecule has 28 heavy (non-hydrogen) atoms. The molecule has 4 heteroatoms. The highest BCUT2D eigenvalue weighted by Crippen LogP contribution is 2.24. The molecule has 0 bridgehead atoms. The van der Waals surface area contributed by atoms with Gasteiger partial charge in [0.2, 0.25) is 5.91 Å². The number of amides is 1. The average Bonchev–Trinajstić information content (AvgIpc) is 3.23. The van der Waals surface area contributed by atoms with Gasteiger partial charge in [0, 0.05) is 5.92 Å². The zero-order valence-electron chi connectivity index (χ0n) is 18.6. The van der Waals surface area contributed by atoms with Crippen molar-refractivity contribution in [1.82, 2.24) is 5.32 Å². The van der Waals surface area contributed by atoms with Crippen LogP contribution < -0.4 is 5.32 Å². The summed E-state index contributed by atoms with van der Waals surface area (Å²) in [5.41, 5.74) is 0. The molecule has 0 unspecified atom stereocenters. The van der Waals surface area contributed by atoms with E-state index in [4.69, 9.17) is 4.74 Å². The average molecular weight is 396 g/mol. The first-order valence-corrected chi connectivity index (χ1v) is 12.1. The van der Waals surface area contributed by atoms with Gasteiger partial charge in [-0.15, -0.1) is 0 Å². The summed E-state index contributed by atoms with van der Waals surface area (Å²) >= 11 is 0. The van der Waals surface area contributed by atoms with Crippen molar-refractivity contribution in [3.63, 3.8) is 0 Å². The van der Waals surface area contributed by atoms with Gasteiger partial charge in [-0.05, 0) is 26.2 Å². The molecule has 164 valence electrons. The Labute approximate surface area is 173 Å². The quantitative estimate of drug-likeness (QED) is 0.232. The summed E-state index contributed by atoms with van der Waals surface area (Å²) in [5, 5.41) is 2.81. The molecule has 1 fully saturated rings. The Balaban J connectivity index is 1.86. The van der Waals surface area contributed by atoms with Crippen molar-refractivity contribution in [3.05, 3.63) is 0 Å². The number of esters is 1. The van der Waals surface area contributed by atoms with Gasteiger partial charge >= 0.3 is 5.97 Å². The summed E-state index contributed by atoms with van der Waals surface area (Å²) in [6.07, 6.45) is 21.1. The van der Waals surface area contributed by atoms with Crippen LogP contribution >= 0.6 is 0 Å². The summed E-state index contributed by atoms with van der Waals surface area (Å²) in [6.45, 7) is 4.46. The maximum atomic E-state index is 12.0. The number of carbonyl (C=O) groups excluding carboxylic acids is 2. The van der Waals surface area contributed by atoms with Crippen molar-refractivity contribution >= 4 is 11.9 Å². The predicted octanol–water partition coefficient (Wildman–Crippen LogP) is 6.32. The van der Waals surface area contributed by atoms with Crippen LogP contribution in [0.3, 0.4) is 0 Å². The third kappa shape index (κ3) is 12.4. The number of hydrogen-bond acceptors (Lipinski definition) is 3. The van der Waals surface area contributed by atoms with E-state index in [0.29, 0.717) is 6.61 Å². The maximum absolute atomic E-state index is 12.0. The molecule has 0 aromatic rings. The second-order valence-corrected chi connectivity index (χ2v) is 8.62. The van der Waals surface area contributed by atoms with Crippen molar-refractivity contribution in [2.75, 3.05) is 6.61 Å². The van der Waals surface area contributed by atoms with Gasteiger partial charge in [0.05, 0.1) is 6.61 Å². The van der Waals surface area contributed by atoms with Gasteiger partial charge in [0.15, 0.2) is 0 Å². The molecule has 1 amide bonds. The zero-order valence-corrected chi connectivity index (χ0v) is 18.6. The van der Waals surface area contributed by atoms with Crippen molar-refractivity contribution in [1.29, 1.82) is 0 Å². The van der Waals surface area contributed by atoms with E-state index in [1.54, 1.807) is 6.92 Å². The number of ether oxygens (including phenoxy) is 1. The van der Waals surface area contributed by atoms with Crippen LogP contribution in [0.5, 0.6) is 0 Å². The third-order valence-corrected chi connectivity index (χ3v) is 5.93. The standard InChI is InChI=1S/C24H45NO3/c1-3-4-5-6-7-8-9-10-11-12-13-14-17-20-28-24(27)21(2)25-23(26)22-18-15-16-19-22/h21-22H,3-20H2,1-2H3,(H,25,26)/t21-/m0/s1. The summed E-state index contributed by atoms with van der Waals surface area (Å²) in [6, 6.07) is -0.532. The molecule has 1 saturated carbocycles. The third-order valence-electron chi connectivity index (χ3n) is 5.93. The molecule has 1 aliphatic rings. The molecule has 0 saturated heterocycles. The molecule has 0 spiro atoms. The van der Waals surface area contributed by atoms with E-state index in [9.17, 15) is 9.59 Å². The lowest BCUT2D eigenvalue weighted by Crippen LogP contribution is -2.42. The highest BCUT2D eigenvalue weighted by atomic mass is 16.5. The molecule has 1 N–H and O–H groups in total. The molecule has 0 heterocycles. The van der Waals surface area contributed by atoms with Crippen molar-refractivity contribution in [3.8, 4) is 0 Å². The van der Waals surface area contributed by atoms with E-state index >= 15 is 0 Å². The first kappa shape index (κ1) is 25.0. The molecule has 4 nitrogen and oxygen atoms in total. The molecule has 1 aliphatic carbocycles. The highest BCUT2D eigenvalue weighted by molar-refractivity contribution is 5.85. The monoisotopic (exact) mass is 395 g/mol. The largest absolute Gasteiger partial charge is 0.464 e. The van der Waals surface area contributed by atoms with Crippen LogP contribution in [0, 0.1) is 5.92 Å². The van der Waals surface area contributed by atoms with E-state index in [1.165, 1.54) is 70.6 Å². The minimum Gasteiger partial charge on any atom is -0.464 e. The fraction of sp³-hybridized carbons (Fsp3) is 0.917. The smallest absolute Gasteiger partial charge is 0.328 e. The van der Waals surface area contributed by atoms with Gasteiger partial charge in [0.1, 0.15) is 6.04 Å². The van der Waals surface area contributed by atoms with E-state index in [2.05, 4.69) is 12.2 Å². The number of unbranched alkanes of at least 4 members (excludes halogenated alkanes) is 12. The van der Waals surface area contributed by atoms with Crippen LogP contribution in [0.15, 0.2) is 0 Å². The first-order chi connectivity index (χ1) is 13.6. The first-order valence-electron chi connectivity index (χ1n) is 12.1. The number of rotatable bonds is 17. The minimum absolute atomic E-state index is 0.0166. The Kier molecular flexibility index (Phi) is 15.0. The Hall–Kier alpha value is -1.06. The lowest BCUT2D eigenvalue weighted by atomic mass is 10.0. The van der Waals surface area contributed by atoms with Crippen molar-refractivity contribution in [2.45, 2.75) is 129 Å². The topological polar surface area (TPSA) is 55.4 Å². The molecule has 0 aliphatic heterocycles. The molecule has 0 radical (unpaired) electrons. The van der Waals surface area contributed by atoms with Crippen LogP contribution in [0.1, 0.15) is 123 Å². The molecule has 1 atom stereocenters. The Morgan fingerprint density at radius 2 is 1.29 bits per heavy atom. The van der Waals surface area contributed by atoms with Crippen LogP contribution in [0.25, 0.3) is 0 Å². The zero-order chi connectivity index (χ0) is 20.5. The van der Waals surface area contributed by atoms with Gasteiger partial charge in [-0.25, -0.2) is 4.79 Å². The van der Waals surface area contributed by atoms with E-state index < -0.39 is 6.04 Å². The van der Waals surface area contributed by atoms with Gasteiger partial charge < -0.3 is 10.1 Å². The van der Waals surface area contributed by atoms with Crippen LogP contribution in [-0.2, 0) is 14.3 Å². The van der Waals surface area contributed by atoms with Gasteiger partial charge in [-0.1, -0.05) is 96.8 Å². The second kappa shape index (κ2) is 16.9. The van der Waals surface area contributed by atoms with Gasteiger partial charge in [-0.3, -0.25) is 4.79 Å². The summed E-state index contributed by atoms with van der Waals surface area (Å²) < 4.78 is 5.31. The molecule has 1 rings (SSSR count). The maximum Gasteiger partial charge on any atom is 0.328 e. The molecular weight excluding hydrogens is 350 g/mol. The normalized spacial score (nSPS) is 15.5. The number of nitrogens with one attached hydrogen (secondary N) is 1. The highest BCUT2D eigenvalue weighted by Gasteiger charge is 2.25. The lowest BCUT2D eigenvalue weighted by molar-refractivity contribution is -0.147. The van der Waals surface area contributed by atoms with Crippen LogP contribution in [-0.4, -0.2) is 24.5 Å². The van der Waals surface area contributed by atoms with Crippen molar-refractivity contribution in [2.24, 2.45) is 5.92 Å². The Morgan fingerprint density at radius 3 is 1.79 bits per heavy atom. The molecule has 0 aromatic heterocycles. The fourth-order valence-corrected chi connectivity index (χ4v) is 4.00. The van der Waals surface area contributed by atoms with Gasteiger partial charge in [-0.2, -0.15) is 0 Å². The SMILES string of the molecule is CCCCCCCCCCCCCCCOC(=O)[C@H](C)NC(=O)C1CCCC1. The second-order valence-electron chi connectivity index (χ2n) is 8.62. The van der Waals surface area contributed by atoms with Crippen LogP contribution in [0.2, 0.25) is 0 Å². The lowest BCUT2D eigenvalue weighted by Gasteiger charge is -2.16. The van der Waals surface area contributed by atoms with Crippen molar-refractivity contribution < 1.29 is 14.3 Å². The van der Waals surface area contributed by atoms with E-state index in [-0.39, 0.29) is 17.8 Å². The minimum atomic E-state index is -0.532. The number of hydrogen-bond donors (Lipinski definition) is 1. The fourth-order valence-electron chi connectivity index (χ4n) is 4.00. The van der Waals surface area contributed by atoms with Crippen LogP contribution in [0.4, 0.5) is 0 Å². The van der Waals surface area contributed by atoms with E-state index in [1.807, 2.05) is 0 Å². The Bertz CT molecular complexity index is 405. The predicted molar refractivity (Wildman–Crippen MR) is 116 cm³/mol. The summed E-state index contributed by atoms with van der Waals surface area (Å²) in [4.78, 5) is 24.0. The van der Waals surface area contributed by atoms with Gasteiger partial charge in [0.25, 0.3) is 0 Å². The molecular formula is C24H45NO3. The Morgan fingerprint density at radius 1 is 0.821 bits per heavy atom. The summed E-state index contributed by atoms with van der Waals surface area (Å²) in [5.74, 6) is -0.190. The van der Waals surface area contributed by atoms with E-state index in [0.717, 1.165) is 38.5 Å². The molecule has 0 aromatic carbocycles. The number of carbonyl (C=O) groups is 2. The summed E-state index contributed by atoms with van der Waals surface area (Å²) in [7, 11) is 0.